The third kappa shape index (κ3) is 4.59. The van der Waals surface area contributed by atoms with E-state index in [1.54, 1.807) is 0 Å². The number of nitrogens with zero attached hydrogens (tertiary/aromatic N) is 1. The molecule has 1 heterocycles. The van der Waals surface area contributed by atoms with Crippen LogP contribution in [0.3, 0.4) is 0 Å². The highest BCUT2D eigenvalue weighted by Gasteiger charge is 2.29. The number of likely N-dealkylation sites (tertiary alicyclic amines) is 1. The molecule has 102 valence electrons. The van der Waals surface area contributed by atoms with Crippen molar-refractivity contribution in [2.75, 3.05) is 13.1 Å². The van der Waals surface area contributed by atoms with Gasteiger partial charge in [0.25, 0.3) is 0 Å². The SMILES string of the molecule is CCCC(CNC(C)C)N1CCCC(C)C1C. The zero-order chi connectivity index (χ0) is 12.8. The molecule has 0 spiro atoms. The van der Waals surface area contributed by atoms with E-state index >= 15 is 0 Å². The molecular weight excluding hydrogens is 208 g/mol. The highest BCUT2D eigenvalue weighted by atomic mass is 15.2. The maximum Gasteiger partial charge on any atom is 0.0223 e. The molecule has 2 heteroatoms. The zero-order valence-corrected chi connectivity index (χ0v) is 12.5. The first-order chi connectivity index (χ1) is 8.06. The summed E-state index contributed by atoms with van der Waals surface area (Å²) >= 11 is 0. The summed E-state index contributed by atoms with van der Waals surface area (Å²) in [5, 5.41) is 3.62. The fourth-order valence-electron chi connectivity index (χ4n) is 2.97. The monoisotopic (exact) mass is 240 g/mol. The maximum absolute atomic E-state index is 3.62. The van der Waals surface area contributed by atoms with Gasteiger partial charge in [0.1, 0.15) is 0 Å². The molecule has 1 fully saturated rings. The van der Waals surface area contributed by atoms with E-state index in [-0.39, 0.29) is 0 Å². The van der Waals surface area contributed by atoms with Gasteiger partial charge in [0.2, 0.25) is 0 Å². The van der Waals surface area contributed by atoms with Gasteiger partial charge in [-0.2, -0.15) is 0 Å². The fourth-order valence-corrected chi connectivity index (χ4v) is 2.97. The van der Waals surface area contributed by atoms with Gasteiger partial charge in [-0.3, -0.25) is 4.90 Å². The topological polar surface area (TPSA) is 15.3 Å². The quantitative estimate of drug-likeness (QED) is 0.766. The predicted molar refractivity (Wildman–Crippen MR) is 76.4 cm³/mol. The fraction of sp³-hybridized carbons (Fsp3) is 1.00. The van der Waals surface area contributed by atoms with Crippen molar-refractivity contribution in [1.29, 1.82) is 0 Å². The van der Waals surface area contributed by atoms with Gasteiger partial charge in [-0.1, -0.05) is 34.1 Å². The summed E-state index contributed by atoms with van der Waals surface area (Å²) in [4.78, 5) is 2.76. The van der Waals surface area contributed by atoms with Gasteiger partial charge < -0.3 is 5.32 Å². The van der Waals surface area contributed by atoms with Crippen LogP contribution < -0.4 is 5.32 Å². The van der Waals surface area contributed by atoms with E-state index in [0.717, 1.165) is 24.5 Å². The molecular formula is C15H32N2. The first-order valence-corrected chi connectivity index (χ1v) is 7.55. The van der Waals surface area contributed by atoms with Crippen LogP contribution in [0.15, 0.2) is 0 Å². The molecule has 2 nitrogen and oxygen atoms in total. The van der Waals surface area contributed by atoms with E-state index in [2.05, 4.69) is 44.8 Å². The third-order valence-corrected chi connectivity index (χ3v) is 4.28. The predicted octanol–water partition coefficient (Wildman–Crippen LogP) is 3.27. The summed E-state index contributed by atoms with van der Waals surface area (Å²) in [6.45, 7) is 14.1. The Morgan fingerprint density at radius 2 is 2.00 bits per heavy atom. The van der Waals surface area contributed by atoms with Crippen LogP contribution in [0, 0.1) is 5.92 Å². The number of hydrogen-bond donors (Lipinski definition) is 1. The lowest BCUT2D eigenvalue weighted by atomic mass is 9.90. The standard InChI is InChI=1S/C15H32N2/c1-6-8-15(11-16-12(2)3)17-10-7-9-13(4)14(17)5/h12-16H,6-11H2,1-5H3. The molecule has 0 aromatic carbocycles. The Bertz CT molecular complexity index is 203. The summed E-state index contributed by atoms with van der Waals surface area (Å²) in [6, 6.07) is 2.10. The molecule has 0 saturated carbocycles. The van der Waals surface area contributed by atoms with Crippen LogP contribution in [0.4, 0.5) is 0 Å². The van der Waals surface area contributed by atoms with Gasteiger partial charge in [-0.15, -0.1) is 0 Å². The van der Waals surface area contributed by atoms with E-state index in [1.165, 1.54) is 32.2 Å². The lowest BCUT2D eigenvalue weighted by molar-refractivity contribution is 0.0624. The van der Waals surface area contributed by atoms with Crippen LogP contribution in [-0.4, -0.2) is 36.1 Å². The second-order valence-electron chi connectivity index (χ2n) is 6.10. The van der Waals surface area contributed by atoms with Crippen molar-refractivity contribution in [2.45, 2.75) is 78.4 Å². The Morgan fingerprint density at radius 3 is 2.59 bits per heavy atom. The van der Waals surface area contributed by atoms with Gasteiger partial charge in [0.05, 0.1) is 0 Å². The molecule has 0 aromatic rings. The third-order valence-electron chi connectivity index (χ3n) is 4.28. The lowest BCUT2D eigenvalue weighted by Gasteiger charge is -2.43. The van der Waals surface area contributed by atoms with Gasteiger partial charge in [0.15, 0.2) is 0 Å². The summed E-state index contributed by atoms with van der Waals surface area (Å²) in [7, 11) is 0. The second kappa shape index (κ2) is 7.38. The van der Waals surface area contributed by atoms with Crippen molar-refractivity contribution in [2.24, 2.45) is 5.92 Å². The molecule has 3 unspecified atom stereocenters. The highest BCUT2D eigenvalue weighted by molar-refractivity contribution is 4.85. The van der Waals surface area contributed by atoms with Crippen molar-refractivity contribution in [3.63, 3.8) is 0 Å². The zero-order valence-electron chi connectivity index (χ0n) is 12.5. The Kier molecular flexibility index (Phi) is 6.50. The van der Waals surface area contributed by atoms with Crippen LogP contribution >= 0.6 is 0 Å². The van der Waals surface area contributed by atoms with Crippen molar-refractivity contribution < 1.29 is 0 Å². The Morgan fingerprint density at radius 1 is 1.29 bits per heavy atom. The molecule has 0 aromatic heterocycles. The molecule has 0 bridgehead atoms. The minimum absolute atomic E-state index is 0.604. The van der Waals surface area contributed by atoms with Gasteiger partial charge >= 0.3 is 0 Å². The molecule has 1 N–H and O–H groups in total. The largest absolute Gasteiger partial charge is 0.313 e. The second-order valence-corrected chi connectivity index (χ2v) is 6.10. The van der Waals surface area contributed by atoms with Crippen molar-refractivity contribution in [3.05, 3.63) is 0 Å². The number of nitrogens with one attached hydrogen (secondary N) is 1. The maximum atomic E-state index is 3.62. The van der Waals surface area contributed by atoms with Crippen molar-refractivity contribution in [3.8, 4) is 0 Å². The van der Waals surface area contributed by atoms with E-state index in [4.69, 9.17) is 0 Å². The van der Waals surface area contributed by atoms with Gasteiger partial charge in [0, 0.05) is 24.7 Å². The number of hydrogen-bond acceptors (Lipinski definition) is 2. The van der Waals surface area contributed by atoms with E-state index in [9.17, 15) is 0 Å². The summed E-state index contributed by atoms with van der Waals surface area (Å²) in [5.41, 5.74) is 0. The average molecular weight is 240 g/mol. The van der Waals surface area contributed by atoms with Crippen LogP contribution in [0.1, 0.15) is 60.3 Å². The molecule has 0 amide bonds. The summed E-state index contributed by atoms with van der Waals surface area (Å²) in [6.07, 6.45) is 5.42. The first kappa shape index (κ1) is 15.0. The number of rotatable bonds is 6. The van der Waals surface area contributed by atoms with E-state index < -0.39 is 0 Å². The molecule has 1 saturated heterocycles. The van der Waals surface area contributed by atoms with Crippen LogP contribution in [0.5, 0.6) is 0 Å². The van der Waals surface area contributed by atoms with Crippen LogP contribution in [-0.2, 0) is 0 Å². The lowest BCUT2D eigenvalue weighted by Crippen LogP contribution is -2.52. The van der Waals surface area contributed by atoms with E-state index in [0.29, 0.717) is 6.04 Å². The van der Waals surface area contributed by atoms with Gasteiger partial charge in [-0.05, 0) is 38.6 Å². The molecule has 3 atom stereocenters. The summed E-state index contributed by atoms with van der Waals surface area (Å²) in [5.74, 6) is 0.863. The van der Waals surface area contributed by atoms with Crippen LogP contribution in [0.25, 0.3) is 0 Å². The minimum Gasteiger partial charge on any atom is -0.313 e. The van der Waals surface area contributed by atoms with Crippen molar-refractivity contribution in [1.82, 2.24) is 10.2 Å². The Labute approximate surface area is 108 Å². The van der Waals surface area contributed by atoms with E-state index in [1.807, 2.05) is 0 Å². The molecule has 0 aliphatic carbocycles. The normalized spacial score (nSPS) is 28.6. The molecule has 0 radical (unpaired) electrons. The molecule has 1 rings (SSSR count). The summed E-state index contributed by atoms with van der Waals surface area (Å²) < 4.78 is 0. The molecule has 1 aliphatic rings. The Hall–Kier alpha value is -0.0800. The smallest absolute Gasteiger partial charge is 0.0223 e. The van der Waals surface area contributed by atoms with Crippen LogP contribution in [0.2, 0.25) is 0 Å². The van der Waals surface area contributed by atoms with Gasteiger partial charge in [-0.25, -0.2) is 0 Å². The molecule has 1 aliphatic heterocycles. The average Bonchev–Trinajstić information content (AvgIpc) is 2.28. The highest BCUT2D eigenvalue weighted by Crippen LogP contribution is 2.26. The number of piperidine rings is 1. The first-order valence-electron chi connectivity index (χ1n) is 7.55. The van der Waals surface area contributed by atoms with Crippen molar-refractivity contribution >= 4 is 0 Å². The molecule has 17 heavy (non-hydrogen) atoms. The minimum atomic E-state index is 0.604. The Balaban J connectivity index is 2.54.